The van der Waals surface area contributed by atoms with E-state index in [2.05, 4.69) is 15.6 Å². The molecule has 0 bridgehead atoms. The van der Waals surface area contributed by atoms with Crippen LogP contribution in [0.3, 0.4) is 0 Å². The van der Waals surface area contributed by atoms with Gasteiger partial charge in [-0.15, -0.1) is 0 Å². The van der Waals surface area contributed by atoms with Crippen molar-refractivity contribution in [2.45, 2.75) is 25.5 Å². The molecule has 1 aromatic carbocycles. The predicted octanol–water partition coefficient (Wildman–Crippen LogP) is 0.748. The molecule has 1 aliphatic heterocycles. The van der Waals surface area contributed by atoms with E-state index in [0.29, 0.717) is 26.1 Å². The highest BCUT2D eigenvalue weighted by Crippen LogP contribution is 2.16. The van der Waals surface area contributed by atoms with Gasteiger partial charge < -0.3 is 19.9 Å². The lowest BCUT2D eigenvalue weighted by atomic mass is 10.1. The van der Waals surface area contributed by atoms with Gasteiger partial charge in [-0.25, -0.2) is 9.37 Å². The van der Waals surface area contributed by atoms with E-state index in [0.717, 1.165) is 16.9 Å². The van der Waals surface area contributed by atoms with Crippen LogP contribution >= 0.6 is 0 Å². The monoisotopic (exact) mass is 320 g/mol. The minimum atomic E-state index is -0.321. The molecule has 6 nitrogen and oxygen atoms in total. The van der Waals surface area contributed by atoms with Crippen LogP contribution in [0.5, 0.6) is 0 Å². The van der Waals surface area contributed by atoms with Crippen LogP contribution in [-0.2, 0) is 23.0 Å². The number of carbonyl (C=O) groups is 1. The number of fused-ring (bicyclic) bond motifs is 1. The third-order valence-corrected chi connectivity index (χ3v) is 4.18. The minimum absolute atomic E-state index is 0.0676. The third-order valence-electron chi connectivity index (χ3n) is 4.18. The lowest BCUT2D eigenvalue weighted by Crippen LogP contribution is -2.55. The van der Waals surface area contributed by atoms with Crippen molar-refractivity contribution in [3.05, 3.63) is 29.8 Å². The molecule has 2 N–H and O–H groups in total. The van der Waals surface area contributed by atoms with Crippen LogP contribution in [0.1, 0.15) is 12.7 Å². The first kappa shape index (κ1) is 15.9. The summed E-state index contributed by atoms with van der Waals surface area (Å²) in [5, 5.41) is 6.06. The van der Waals surface area contributed by atoms with Crippen LogP contribution in [0.4, 0.5) is 4.39 Å². The van der Waals surface area contributed by atoms with Crippen molar-refractivity contribution in [1.29, 1.82) is 0 Å². The van der Waals surface area contributed by atoms with Crippen LogP contribution in [0.25, 0.3) is 11.0 Å². The van der Waals surface area contributed by atoms with Gasteiger partial charge in [0.05, 0.1) is 23.7 Å². The molecule has 1 aliphatic rings. The molecule has 0 unspecified atom stereocenters. The normalized spacial score (nSPS) is 21.5. The van der Waals surface area contributed by atoms with Crippen LogP contribution in [-0.4, -0.2) is 47.3 Å². The van der Waals surface area contributed by atoms with Crippen molar-refractivity contribution in [3.8, 4) is 0 Å². The van der Waals surface area contributed by atoms with Crippen molar-refractivity contribution in [2.75, 3.05) is 19.7 Å². The number of rotatable bonds is 4. The number of aromatic nitrogens is 2. The summed E-state index contributed by atoms with van der Waals surface area (Å²) in [7, 11) is 1.85. The number of nitrogens with one attached hydrogen (secondary N) is 2. The van der Waals surface area contributed by atoms with Gasteiger partial charge in [0.25, 0.3) is 0 Å². The number of nitrogens with zero attached hydrogens (tertiary/aromatic N) is 2. The fourth-order valence-electron chi connectivity index (χ4n) is 2.87. The second-order valence-corrected chi connectivity index (χ2v) is 5.77. The lowest BCUT2D eigenvalue weighted by Gasteiger charge is -2.29. The fraction of sp³-hybridized carbons (Fsp3) is 0.500. The summed E-state index contributed by atoms with van der Waals surface area (Å²) in [6.45, 7) is 3.67. The molecule has 0 saturated carbocycles. The number of morpholine rings is 1. The average Bonchev–Trinajstić information content (AvgIpc) is 2.84. The van der Waals surface area contributed by atoms with Crippen molar-refractivity contribution < 1.29 is 13.9 Å². The first-order valence-corrected chi connectivity index (χ1v) is 7.80. The number of hydrogen-bond acceptors (Lipinski definition) is 4. The first-order valence-electron chi connectivity index (χ1n) is 7.80. The Kier molecular flexibility index (Phi) is 4.58. The van der Waals surface area contributed by atoms with Gasteiger partial charge in [0.2, 0.25) is 5.91 Å². The number of amides is 1. The van der Waals surface area contributed by atoms with E-state index in [4.69, 9.17) is 4.74 Å². The van der Waals surface area contributed by atoms with Crippen LogP contribution in [0.15, 0.2) is 18.2 Å². The number of carbonyl (C=O) groups excluding carboxylic acids is 1. The molecule has 0 radical (unpaired) electrons. The molecular weight excluding hydrogens is 299 g/mol. The first-order chi connectivity index (χ1) is 11.1. The summed E-state index contributed by atoms with van der Waals surface area (Å²) < 4.78 is 20.6. The zero-order valence-electron chi connectivity index (χ0n) is 13.3. The summed E-state index contributed by atoms with van der Waals surface area (Å²) in [6.07, 6.45) is 0.447. The second-order valence-electron chi connectivity index (χ2n) is 5.77. The molecule has 3 rings (SSSR count). The summed E-state index contributed by atoms with van der Waals surface area (Å²) in [6, 6.07) is 4.21. The van der Waals surface area contributed by atoms with Gasteiger partial charge in [-0.2, -0.15) is 0 Å². The molecule has 1 saturated heterocycles. The number of imidazole rings is 1. The maximum Gasteiger partial charge on any atom is 0.239 e. The maximum atomic E-state index is 13.3. The average molecular weight is 320 g/mol. The molecule has 2 atom stereocenters. The van der Waals surface area contributed by atoms with Crippen LogP contribution < -0.4 is 10.6 Å². The smallest absolute Gasteiger partial charge is 0.239 e. The Labute approximate surface area is 134 Å². The zero-order chi connectivity index (χ0) is 16.4. The summed E-state index contributed by atoms with van der Waals surface area (Å²) in [5.74, 6) is 0.464. The number of halogens is 1. The standard InChI is InChI=1S/C16H21FN4O2/c1-10-15(18-7-8-23-10)16(22)19-6-5-14-20-12-4-3-11(17)9-13(12)21(14)2/h3-4,9-10,15,18H,5-8H2,1-2H3,(H,19,22)/t10-,15+/m1/s1. The number of hydrogen-bond donors (Lipinski definition) is 2. The van der Waals surface area contributed by atoms with Gasteiger partial charge in [0, 0.05) is 26.6 Å². The minimum Gasteiger partial charge on any atom is -0.375 e. The molecule has 7 heteroatoms. The summed E-state index contributed by atoms with van der Waals surface area (Å²) in [5.41, 5.74) is 1.51. The van der Waals surface area contributed by atoms with Gasteiger partial charge in [0.1, 0.15) is 17.7 Å². The van der Waals surface area contributed by atoms with Gasteiger partial charge in [-0.3, -0.25) is 4.79 Å². The number of benzene rings is 1. The summed E-state index contributed by atoms with van der Waals surface area (Å²) >= 11 is 0. The lowest BCUT2D eigenvalue weighted by molar-refractivity contribution is -0.128. The van der Waals surface area contributed by atoms with E-state index < -0.39 is 0 Å². The molecule has 1 amide bonds. The zero-order valence-corrected chi connectivity index (χ0v) is 13.3. The van der Waals surface area contributed by atoms with Crippen molar-refractivity contribution in [3.63, 3.8) is 0 Å². The van der Waals surface area contributed by atoms with E-state index in [-0.39, 0.29) is 23.9 Å². The largest absolute Gasteiger partial charge is 0.375 e. The fourth-order valence-corrected chi connectivity index (χ4v) is 2.87. The third kappa shape index (κ3) is 3.35. The number of aryl methyl sites for hydroxylation is 1. The Hall–Kier alpha value is -1.99. The Morgan fingerprint density at radius 2 is 2.39 bits per heavy atom. The van der Waals surface area contributed by atoms with Gasteiger partial charge in [-0.1, -0.05) is 0 Å². The molecule has 2 aromatic rings. The van der Waals surface area contributed by atoms with Crippen LogP contribution in [0.2, 0.25) is 0 Å². The Morgan fingerprint density at radius 1 is 1.57 bits per heavy atom. The van der Waals surface area contributed by atoms with Gasteiger partial charge in [-0.05, 0) is 25.1 Å². The van der Waals surface area contributed by atoms with E-state index in [1.807, 2.05) is 18.5 Å². The van der Waals surface area contributed by atoms with Crippen LogP contribution in [0, 0.1) is 5.82 Å². The molecule has 1 aromatic heterocycles. The van der Waals surface area contributed by atoms with Crippen molar-refractivity contribution in [1.82, 2.24) is 20.2 Å². The highest BCUT2D eigenvalue weighted by molar-refractivity contribution is 5.82. The quantitative estimate of drug-likeness (QED) is 0.872. The second kappa shape index (κ2) is 6.64. The maximum absolute atomic E-state index is 13.3. The Balaban J connectivity index is 1.60. The summed E-state index contributed by atoms with van der Waals surface area (Å²) in [4.78, 5) is 16.7. The van der Waals surface area contributed by atoms with Gasteiger partial charge >= 0.3 is 0 Å². The van der Waals surface area contributed by atoms with E-state index in [1.54, 1.807) is 6.07 Å². The number of ether oxygens (including phenoxy) is 1. The molecule has 0 aliphatic carbocycles. The van der Waals surface area contributed by atoms with Gasteiger partial charge in [0.15, 0.2) is 0 Å². The van der Waals surface area contributed by atoms with Crippen molar-refractivity contribution in [2.24, 2.45) is 7.05 Å². The molecule has 1 fully saturated rings. The molecule has 124 valence electrons. The van der Waals surface area contributed by atoms with Crippen molar-refractivity contribution >= 4 is 16.9 Å². The van der Waals surface area contributed by atoms with E-state index in [9.17, 15) is 9.18 Å². The van der Waals surface area contributed by atoms with E-state index in [1.165, 1.54) is 12.1 Å². The Morgan fingerprint density at radius 3 is 3.17 bits per heavy atom. The highest BCUT2D eigenvalue weighted by atomic mass is 19.1. The molecular formula is C16H21FN4O2. The SMILES string of the molecule is C[C@H]1OCCN[C@@H]1C(=O)NCCc1nc2ccc(F)cc2n1C. The highest BCUT2D eigenvalue weighted by Gasteiger charge is 2.27. The van der Waals surface area contributed by atoms with E-state index >= 15 is 0 Å². The topological polar surface area (TPSA) is 68.2 Å². The predicted molar refractivity (Wildman–Crippen MR) is 84.6 cm³/mol. The molecule has 2 heterocycles. The Bertz CT molecular complexity index is 715. The molecule has 0 spiro atoms. The molecule has 23 heavy (non-hydrogen) atoms.